The predicted octanol–water partition coefficient (Wildman–Crippen LogP) is 2.44. The minimum absolute atomic E-state index is 0.351. The van der Waals surface area contributed by atoms with Crippen LogP contribution in [0.1, 0.15) is 6.92 Å². The third-order valence-corrected chi connectivity index (χ3v) is 2.30. The summed E-state index contributed by atoms with van der Waals surface area (Å²) < 4.78 is 5.33. The van der Waals surface area contributed by atoms with Crippen LogP contribution in [-0.2, 0) is 9.63 Å². The van der Waals surface area contributed by atoms with Gasteiger partial charge in [0.2, 0.25) is 0 Å². The summed E-state index contributed by atoms with van der Waals surface area (Å²) in [5.41, 5.74) is 2.16. The van der Waals surface area contributed by atoms with Crippen LogP contribution in [0, 0.1) is 0 Å². The summed E-state index contributed by atoms with van der Waals surface area (Å²) in [5, 5.41) is 0.857. The van der Waals surface area contributed by atoms with E-state index < -0.39 is 12.0 Å². The number of amides is 1. The van der Waals surface area contributed by atoms with Gasteiger partial charge >= 0.3 is 0 Å². The van der Waals surface area contributed by atoms with Crippen LogP contribution in [0.2, 0.25) is 10.0 Å². The number of halogens is 2. The fraction of sp³-hybridized carbons (Fsp3) is 0.300. The van der Waals surface area contributed by atoms with Gasteiger partial charge < -0.3 is 4.74 Å². The lowest BCUT2D eigenvalue weighted by molar-refractivity contribution is -0.137. The molecule has 1 aromatic rings. The molecule has 16 heavy (non-hydrogen) atoms. The molecule has 0 bridgehead atoms. The summed E-state index contributed by atoms with van der Waals surface area (Å²) >= 11 is 11.6. The van der Waals surface area contributed by atoms with Gasteiger partial charge in [-0.05, 0) is 25.1 Å². The lowest BCUT2D eigenvalue weighted by Gasteiger charge is -2.14. The van der Waals surface area contributed by atoms with Gasteiger partial charge in [0, 0.05) is 5.02 Å². The number of hydrogen-bond donors (Lipinski definition) is 1. The van der Waals surface area contributed by atoms with E-state index in [-0.39, 0.29) is 0 Å². The standard InChI is InChI=1S/C10H11Cl2NO3/c1-6(10(14)13-15-2)16-9-4-3-7(11)5-8(9)12/h3-6H,1-2H3,(H,13,14). The summed E-state index contributed by atoms with van der Waals surface area (Å²) in [7, 11) is 1.35. The molecule has 0 saturated heterocycles. The minimum Gasteiger partial charge on any atom is -0.479 e. The zero-order valence-corrected chi connectivity index (χ0v) is 10.3. The number of benzene rings is 1. The zero-order valence-electron chi connectivity index (χ0n) is 8.79. The minimum atomic E-state index is -0.710. The molecular weight excluding hydrogens is 253 g/mol. The number of rotatable bonds is 4. The molecule has 0 spiro atoms. The predicted molar refractivity (Wildman–Crippen MR) is 61.7 cm³/mol. The molecule has 1 N–H and O–H groups in total. The van der Waals surface area contributed by atoms with Crippen LogP contribution in [0.3, 0.4) is 0 Å². The van der Waals surface area contributed by atoms with E-state index >= 15 is 0 Å². The van der Waals surface area contributed by atoms with E-state index in [1.807, 2.05) is 0 Å². The lowest BCUT2D eigenvalue weighted by Crippen LogP contribution is -2.35. The average molecular weight is 264 g/mol. The van der Waals surface area contributed by atoms with Gasteiger partial charge in [-0.3, -0.25) is 9.63 Å². The summed E-state index contributed by atoms with van der Waals surface area (Å²) in [6.45, 7) is 1.58. The molecule has 0 saturated carbocycles. The fourth-order valence-corrected chi connectivity index (χ4v) is 1.45. The average Bonchev–Trinajstić information content (AvgIpc) is 2.22. The van der Waals surface area contributed by atoms with Crippen LogP contribution < -0.4 is 10.2 Å². The molecule has 6 heteroatoms. The van der Waals surface area contributed by atoms with E-state index in [0.717, 1.165) is 0 Å². The van der Waals surface area contributed by atoms with Gasteiger partial charge in [0.15, 0.2) is 6.10 Å². The molecule has 0 heterocycles. The topological polar surface area (TPSA) is 47.6 Å². The van der Waals surface area contributed by atoms with E-state index in [4.69, 9.17) is 27.9 Å². The lowest BCUT2D eigenvalue weighted by atomic mass is 10.3. The van der Waals surface area contributed by atoms with Crippen LogP contribution >= 0.6 is 23.2 Å². The summed E-state index contributed by atoms with van der Waals surface area (Å²) in [4.78, 5) is 15.8. The highest BCUT2D eigenvalue weighted by Crippen LogP contribution is 2.28. The summed E-state index contributed by atoms with van der Waals surface area (Å²) in [6, 6.07) is 4.77. The van der Waals surface area contributed by atoms with Crippen LogP contribution in [0.4, 0.5) is 0 Å². The van der Waals surface area contributed by atoms with Crippen LogP contribution in [0.5, 0.6) is 5.75 Å². The zero-order chi connectivity index (χ0) is 12.1. The van der Waals surface area contributed by atoms with Crippen molar-refractivity contribution >= 4 is 29.1 Å². The van der Waals surface area contributed by atoms with E-state index in [9.17, 15) is 4.79 Å². The molecule has 0 radical (unpaired) electrons. The SMILES string of the molecule is CONC(=O)C(C)Oc1ccc(Cl)cc1Cl. The Kier molecular flexibility index (Phi) is 4.86. The van der Waals surface area contributed by atoms with Gasteiger partial charge in [-0.2, -0.15) is 0 Å². The van der Waals surface area contributed by atoms with Gasteiger partial charge in [-0.1, -0.05) is 23.2 Å². The third kappa shape index (κ3) is 3.56. The van der Waals surface area contributed by atoms with Crippen molar-refractivity contribution in [2.75, 3.05) is 7.11 Å². The Morgan fingerprint density at radius 1 is 1.44 bits per heavy atom. The van der Waals surface area contributed by atoms with Crippen molar-refractivity contribution in [1.29, 1.82) is 0 Å². The molecule has 1 aromatic carbocycles. The first kappa shape index (κ1) is 13.1. The first-order chi connectivity index (χ1) is 7.54. The molecule has 1 rings (SSSR count). The van der Waals surface area contributed by atoms with Crippen molar-refractivity contribution in [3.63, 3.8) is 0 Å². The van der Waals surface area contributed by atoms with Crippen LogP contribution in [0.25, 0.3) is 0 Å². The van der Waals surface area contributed by atoms with E-state index in [0.29, 0.717) is 15.8 Å². The molecular formula is C10H11Cl2NO3. The quantitative estimate of drug-likeness (QED) is 0.849. The van der Waals surface area contributed by atoms with Gasteiger partial charge in [0.1, 0.15) is 5.75 Å². The Balaban J connectivity index is 2.69. The second-order valence-corrected chi connectivity index (χ2v) is 3.85. The Labute approximate surface area is 103 Å². The normalized spacial score (nSPS) is 12.0. The van der Waals surface area contributed by atoms with Crippen molar-refractivity contribution < 1.29 is 14.4 Å². The number of carbonyl (C=O) groups excluding carboxylic acids is 1. The van der Waals surface area contributed by atoms with Crippen molar-refractivity contribution in [3.8, 4) is 5.75 Å². The number of carbonyl (C=O) groups is 1. The second-order valence-electron chi connectivity index (χ2n) is 3.01. The molecule has 4 nitrogen and oxygen atoms in total. The van der Waals surface area contributed by atoms with Crippen molar-refractivity contribution in [3.05, 3.63) is 28.2 Å². The maximum atomic E-state index is 11.3. The maximum Gasteiger partial charge on any atom is 0.284 e. The second kappa shape index (κ2) is 5.94. The monoisotopic (exact) mass is 263 g/mol. The number of hydrogen-bond acceptors (Lipinski definition) is 3. The van der Waals surface area contributed by atoms with Crippen LogP contribution in [0.15, 0.2) is 18.2 Å². The van der Waals surface area contributed by atoms with Crippen molar-refractivity contribution in [2.45, 2.75) is 13.0 Å². The van der Waals surface area contributed by atoms with E-state index in [1.165, 1.54) is 7.11 Å². The molecule has 0 aliphatic heterocycles. The van der Waals surface area contributed by atoms with Gasteiger partial charge in [-0.15, -0.1) is 0 Å². The molecule has 0 aliphatic rings. The third-order valence-electron chi connectivity index (χ3n) is 1.77. The Bertz CT molecular complexity index is 384. The first-order valence-electron chi connectivity index (χ1n) is 4.49. The summed E-state index contributed by atoms with van der Waals surface area (Å²) in [6.07, 6.45) is -0.710. The summed E-state index contributed by atoms with van der Waals surface area (Å²) in [5.74, 6) is -0.00154. The highest BCUT2D eigenvalue weighted by atomic mass is 35.5. The first-order valence-corrected chi connectivity index (χ1v) is 5.24. The Hall–Kier alpha value is -0.970. The molecule has 88 valence electrons. The molecule has 1 amide bonds. The Morgan fingerprint density at radius 3 is 2.69 bits per heavy atom. The number of ether oxygens (including phenoxy) is 1. The highest BCUT2D eigenvalue weighted by Gasteiger charge is 2.15. The van der Waals surface area contributed by atoms with Gasteiger partial charge in [-0.25, -0.2) is 5.48 Å². The maximum absolute atomic E-state index is 11.3. The van der Waals surface area contributed by atoms with Crippen LogP contribution in [-0.4, -0.2) is 19.1 Å². The van der Waals surface area contributed by atoms with Gasteiger partial charge in [0.05, 0.1) is 12.1 Å². The molecule has 0 fully saturated rings. The van der Waals surface area contributed by atoms with Crippen molar-refractivity contribution in [2.24, 2.45) is 0 Å². The highest BCUT2D eigenvalue weighted by molar-refractivity contribution is 6.35. The number of hydroxylamine groups is 1. The number of nitrogens with one attached hydrogen (secondary N) is 1. The van der Waals surface area contributed by atoms with E-state index in [1.54, 1.807) is 25.1 Å². The van der Waals surface area contributed by atoms with Crippen molar-refractivity contribution in [1.82, 2.24) is 5.48 Å². The Morgan fingerprint density at radius 2 is 2.12 bits per heavy atom. The molecule has 1 atom stereocenters. The molecule has 0 aliphatic carbocycles. The van der Waals surface area contributed by atoms with Gasteiger partial charge in [0.25, 0.3) is 5.91 Å². The molecule has 1 unspecified atom stereocenters. The molecule has 0 aromatic heterocycles. The smallest absolute Gasteiger partial charge is 0.284 e. The van der Waals surface area contributed by atoms with E-state index in [2.05, 4.69) is 10.3 Å². The fourth-order valence-electron chi connectivity index (χ4n) is 0.998. The largest absolute Gasteiger partial charge is 0.479 e.